The maximum Gasteiger partial charge on any atom is 0.248 e. The quantitative estimate of drug-likeness (QED) is 0.867. The Kier molecular flexibility index (Phi) is 5.76. The number of carbonyl (C=O) groups is 1. The van der Waals surface area contributed by atoms with E-state index in [0.717, 1.165) is 34.2 Å². The van der Waals surface area contributed by atoms with Gasteiger partial charge in [0.1, 0.15) is 6.04 Å². The van der Waals surface area contributed by atoms with E-state index in [1.165, 1.54) is 4.31 Å². The lowest BCUT2D eigenvalue weighted by atomic mass is 10.1. The highest BCUT2D eigenvalue weighted by atomic mass is 32.2. The van der Waals surface area contributed by atoms with E-state index in [1.54, 1.807) is 19.1 Å². The van der Waals surface area contributed by atoms with Crippen molar-refractivity contribution in [3.63, 3.8) is 0 Å². The highest BCUT2D eigenvalue weighted by Gasteiger charge is 2.29. The maximum atomic E-state index is 12.8. The highest BCUT2D eigenvalue weighted by molar-refractivity contribution is 7.92. The minimum Gasteiger partial charge on any atom is -0.324 e. The molecule has 0 bridgehead atoms. The molecule has 5 nitrogen and oxygen atoms in total. The van der Waals surface area contributed by atoms with Crippen LogP contribution in [-0.4, -0.2) is 26.6 Å². The second kappa shape index (κ2) is 7.50. The van der Waals surface area contributed by atoms with Crippen molar-refractivity contribution in [3.05, 3.63) is 58.7 Å². The summed E-state index contributed by atoms with van der Waals surface area (Å²) in [5.41, 5.74) is 5.11. The summed E-state index contributed by atoms with van der Waals surface area (Å²) >= 11 is 0. The Labute approximate surface area is 156 Å². The average Bonchev–Trinajstić information content (AvgIpc) is 2.53. The van der Waals surface area contributed by atoms with Gasteiger partial charge in [-0.3, -0.25) is 9.10 Å². The van der Waals surface area contributed by atoms with Gasteiger partial charge in [0.2, 0.25) is 15.9 Å². The molecule has 1 atom stereocenters. The first-order valence-electron chi connectivity index (χ1n) is 8.46. The minimum atomic E-state index is -3.63. The molecule has 0 saturated carbocycles. The fourth-order valence-electron chi connectivity index (χ4n) is 2.91. The van der Waals surface area contributed by atoms with Gasteiger partial charge in [0.05, 0.1) is 11.9 Å². The van der Waals surface area contributed by atoms with Crippen molar-refractivity contribution in [3.8, 4) is 0 Å². The third-order valence-electron chi connectivity index (χ3n) is 4.56. The molecule has 2 aromatic rings. The molecule has 0 heterocycles. The number of anilines is 2. The van der Waals surface area contributed by atoms with Gasteiger partial charge in [0.25, 0.3) is 0 Å². The van der Waals surface area contributed by atoms with E-state index in [4.69, 9.17) is 0 Å². The number of hydrogen-bond donors (Lipinski definition) is 1. The van der Waals surface area contributed by atoms with Crippen molar-refractivity contribution >= 4 is 27.3 Å². The molecule has 26 heavy (non-hydrogen) atoms. The number of rotatable bonds is 5. The first-order valence-corrected chi connectivity index (χ1v) is 10.3. The number of amides is 1. The van der Waals surface area contributed by atoms with Gasteiger partial charge in [0, 0.05) is 5.69 Å². The van der Waals surface area contributed by atoms with Gasteiger partial charge in [-0.1, -0.05) is 24.3 Å². The van der Waals surface area contributed by atoms with Crippen molar-refractivity contribution in [2.75, 3.05) is 15.9 Å². The van der Waals surface area contributed by atoms with Gasteiger partial charge >= 0.3 is 0 Å². The van der Waals surface area contributed by atoms with Crippen LogP contribution in [-0.2, 0) is 14.8 Å². The van der Waals surface area contributed by atoms with Gasteiger partial charge in [-0.25, -0.2) is 8.42 Å². The van der Waals surface area contributed by atoms with E-state index in [-0.39, 0.29) is 5.91 Å². The van der Waals surface area contributed by atoms with E-state index >= 15 is 0 Å². The largest absolute Gasteiger partial charge is 0.324 e. The van der Waals surface area contributed by atoms with Crippen LogP contribution in [0.3, 0.4) is 0 Å². The second-order valence-electron chi connectivity index (χ2n) is 6.76. The normalized spacial score (nSPS) is 12.5. The molecule has 0 unspecified atom stereocenters. The van der Waals surface area contributed by atoms with Gasteiger partial charge in [-0.2, -0.15) is 0 Å². The highest BCUT2D eigenvalue weighted by Crippen LogP contribution is 2.25. The Morgan fingerprint density at radius 1 is 0.962 bits per heavy atom. The van der Waals surface area contributed by atoms with Crippen molar-refractivity contribution in [2.24, 2.45) is 0 Å². The molecule has 0 radical (unpaired) electrons. The zero-order valence-corrected chi connectivity index (χ0v) is 16.9. The number of para-hydroxylation sites is 1. The van der Waals surface area contributed by atoms with Gasteiger partial charge in [0.15, 0.2) is 0 Å². The summed E-state index contributed by atoms with van der Waals surface area (Å²) in [6, 6.07) is 10.2. The Balaban J connectivity index is 2.39. The van der Waals surface area contributed by atoms with Gasteiger partial charge < -0.3 is 5.32 Å². The summed E-state index contributed by atoms with van der Waals surface area (Å²) in [4.78, 5) is 12.8. The number of carbonyl (C=O) groups excluding carboxylic acids is 1. The smallest absolute Gasteiger partial charge is 0.248 e. The summed E-state index contributed by atoms with van der Waals surface area (Å²) in [7, 11) is -3.63. The molecule has 2 aromatic carbocycles. The third-order valence-corrected chi connectivity index (χ3v) is 5.80. The number of sulfonamides is 1. The molecule has 0 aliphatic carbocycles. The predicted octanol–water partition coefficient (Wildman–Crippen LogP) is 3.71. The molecule has 0 fully saturated rings. The first-order chi connectivity index (χ1) is 12.0. The average molecular weight is 375 g/mol. The molecule has 0 spiro atoms. The Morgan fingerprint density at radius 2 is 1.54 bits per heavy atom. The molecule has 6 heteroatoms. The van der Waals surface area contributed by atoms with Crippen LogP contribution in [0.1, 0.15) is 29.2 Å². The fourth-order valence-corrected chi connectivity index (χ4v) is 4.08. The standard InChI is InChI=1S/C20H26N2O3S/c1-13-10-11-18(12-16(13)4)22(26(6,24)25)17(5)20(23)21-19-14(2)8-7-9-15(19)3/h7-12,17H,1-6H3,(H,21,23)/t17-/m1/s1. The van der Waals surface area contributed by atoms with E-state index < -0.39 is 16.1 Å². The van der Waals surface area contributed by atoms with Crippen LogP contribution in [0.2, 0.25) is 0 Å². The van der Waals surface area contributed by atoms with Gasteiger partial charge in [-0.05, 0) is 69.0 Å². The summed E-state index contributed by atoms with van der Waals surface area (Å²) < 4.78 is 26.0. The van der Waals surface area contributed by atoms with Crippen molar-refractivity contribution < 1.29 is 13.2 Å². The monoisotopic (exact) mass is 374 g/mol. The summed E-state index contributed by atoms with van der Waals surface area (Å²) in [5.74, 6) is -0.369. The molecule has 2 rings (SSSR count). The number of hydrogen-bond acceptors (Lipinski definition) is 3. The first kappa shape index (κ1) is 20.0. The van der Waals surface area contributed by atoms with Crippen LogP contribution in [0.5, 0.6) is 0 Å². The second-order valence-corrected chi connectivity index (χ2v) is 8.62. The lowest BCUT2D eigenvalue weighted by molar-refractivity contribution is -0.116. The topological polar surface area (TPSA) is 66.5 Å². The molecular weight excluding hydrogens is 348 g/mol. The molecule has 0 aromatic heterocycles. The van der Waals surface area contributed by atoms with Crippen molar-refractivity contribution in [1.29, 1.82) is 0 Å². The van der Waals surface area contributed by atoms with Crippen LogP contribution >= 0.6 is 0 Å². The Hall–Kier alpha value is -2.34. The third kappa shape index (κ3) is 4.25. The summed E-state index contributed by atoms with van der Waals surface area (Å²) in [6.45, 7) is 9.29. The molecule has 140 valence electrons. The number of benzene rings is 2. The zero-order chi connectivity index (χ0) is 19.6. The molecule has 1 N–H and O–H groups in total. The molecular formula is C20H26N2O3S. The summed E-state index contributed by atoms with van der Waals surface area (Å²) in [6.07, 6.45) is 1.12. The van der Waals surface area contributed by atoms with E-state index in [2.05, 4.69) is 5.32 Å². The maximum absolute atomic E-state index is 12.8. The van der Waals surface area contributed by atoms with E-state index in [9.17, 15) is 13.2 Å². The predicted molar refractivity (Wildman–Crippen MR) is 107 cm³/mol. The number of aryl methyl sites for hydroxylation is 4. The van der Waals surface area contributed by atoms with Crippen LogP contribution < -0.4 is 9.62 Å². The van der Waals surface area contributed by atoms with Crippen LogP contribution in [0.25, 0.3) is 0 Å². The van der Waals surface area contributed by atoms with Gasteiger partial charge in [-0.15, -0.1) is 0 Å². The van der Waals surface area contributed by atoms with Crippen LogP contribution in [0.4, 0.5) is 11.4 Å². The van der Waals surface area contributed by atoms with Crippen LogP contribution in [0, 0.1) is 27.7 Å². The van der Waals surface area contributed by atoms with Crippen LogP contribution in [0.15, 0.2) is 36.4 Å². The SMILES string of the molecule is Cc1ccc(N([C@H](C)C(=O)Nc2c(C)cccc2C)S(C)(=O)=O)cc1C. The van der Waals surface area contributed by atoms with Crippen molar-refractivity contribution in [2.45, 2.75) is 40.7 Å². The fraction of sp³-hybridized carbons (Fsp3) is 0.350. The van der Waals surface area contributed by atoms with E-state index in [0.29, 0.717) is 5.69 Å². The molecule has 0 aliphatic rings. The number of nitrogens with one attached hydrogen (secondary N) is 1. The number of nitrogens with zero attached hydrogens (tertiary/aromatic N) is 1. The Morgan fingerprint density at radius 3 is 2.04 bits per heavy atom. The lowest BCUT2D eigenvalue weighted by Gasteiger charge is -2.29. The summed E-state index contributed by atoms with van der Waals surface area (Å²) in [5, 5.41) is 2.88. The zero-order valence-electron chi connectivity index (χ0n) is 16.1. The Bertz CT molecular complexity index is 916. The molecule has 0 aliphatic heterocycles. The lowest BCUT2D eigenvalue weighted by Crippen LogP contribution is -2.45. The molecule has 0 saturated heterocycles. The minimum absolute atomic E-state index is 0.369. The van der Waals surface area contributed by atoms with Crippen molar-refractivity contribution in [1.82, 2.24) is 0 Å². The van der Waals surface area contributed by atoms with E-state index in [1.807, 2.05) is 52.0 Å². The molecule has 1 amide bonds.